The average molecular weight is 281 g/mol. The van der Waals surface area contributed by atoms with Crippen LogP contribution in [0.1, 0.15) is 21.5 Å². The predicted molar refractivity (Wildman–Crippen MR) is 49.8 cm³/mol. The zero-order valence-corrected chi connectivity index (χ0v) is 8.83. The van der Waals surface area contributed by atoms with Crippen molar-refractivity contribution in [2.75, 3.05) is 0 Å². The molecule has 4 nitrogen and oxygen atoms in total. The summed E-state index contributed by atoms with van der Waals surface area (Å²) in [6.07, 6.45) is -5.12. The van der Waals surface area contributed by atoms with Gasteiger partial charge in [0, 0.05) is 0 Å². The number of carbonyl (C=O) groups is 1. The van der Waals surface area contributed by atoms with Crippen molar-refractivity contribution in [3.8, 4) is 11.8 Å². The second kappa shape index (κ2) is 5.09. The average Bonchev–Trinajstić information content (AvgIpc) is 2.25. The van der Waals surface area contributed by atoms with Gasteiger partial charge in [-0.15, -0.1) is 0 Å². The molecule has 0 unspecified atom stereocenters. The van der Waals surface area contributed by atoms with Gasteiger partial charge in [0.2, 0.25) is 0 Å². The van der Waals surface area contributed by atoms with Crippen molar-refractivity contribution in [1.29, 1.82) is 5.26 Å². The quantitative estimate of drug-likeness (QED) is 0.865. The standard InChI is InChI=1S/C10H4F5NO3/c11-9(12)19-6-2-4(3-16)1-5(10(13,14)15)7(6)8(17)18/h1-2,9H,(H,17,18). The summed E-state index contributed by atoms with van der Waals surface area (Å²) >= 11 is 0. The highest BCUT2D eigenvalue weighted by molar-refractivity contribution is 5.93. The lowest BCUT2D eigenvalue weighted by molar-refractivity contribution is -0.138. The molecule has 0 bridgehead atoms. The van der Waals surface area contributed by atoms with Gasteiger partial charge < -0.3 is 9.84 Å². The first-order valence-corrected chi connectivity index (χ1v) is 4.50. The topological polar surface area (TPSA) is 70.3 Å². The van der Waals surface area contributed by atoms with E-state index in [4.69, 9.17) is 10.4 Å². The second-order valence-corrected chi connectivity index (χ2v) is 3.19. The number of ether oxygens (including phenoxy) is 1. The first kappa shape index (κ1) is 14.7. The van der Waals surface area contributed by atoms with Gasteiger partial charge in [-0.25, -0.2) is 4.79 Å². The lowest BCUT2D eigenvalue weighted by atomic mass is 10.0. The third-order valence-corrected chi connectivity index (χ3v) is 1.97. The van der Waals surface area contributed by atoms with Crippen LogP contribution >= 0.6 is 0 Å². The Bertz CT molecular complexity index is 547. The number of hydrogen-bond acceptors (Lipinski definition) is 3. The summed E-state index contributed by atoms with van der Waals surface area (Å²) in [5.74, 6) is -3.30. The number of rotatable bonds is 3. The molecule has 0 atom stereocenters. The van der Waals surface area contributed by atoms with Gasteiger partial charge in [-0.3, -0.25) is 0 Å². The molecule has 0 saturated heterocycles. The van der Waals surface area contributed by atoms with Gasteiger partial charge in [-0.1, -0.05) is 0 Å². The van der Waals surface area contributed by atoms with Gasteiger partial charge in [-0.05, 0) is 12.1 Å². The van der Waals surface area contributed by atoms with Gasteiger partial charge in [0.1, 0.15) is 11.3 Å². The highest BCUT2D eigenvalue weighted by atomic mass is 19.4. The molecule has 19 heavy (non-hydrogen) atoms. The highest BCUT2D eigenvalue weighted by Crippen LogP contribution is 2.37. The Balaban J connectivity index is 3.61. The molecule has 1 aromatic rings. The molecular weight excluding hydrogens is 277 g/mol. The molecule has 1 aromatic carbocycles. The minimum atomic E-state index is -5.12. The van der Waals surface area contributed by atoms with Crippen molar-refractivity contribution in [2.45, 2.75) is 12.8 Å². The fraction of sp³-hybridized carbons (Fsp3) is 0.200. The normalized spacial score (nSPS) is 11.2. The molecule has 9 heteroatoms. The van der Waals surface area contributed by atoms with E-state index in [9.17, 15) is 26.7 Å². The van der Waals surface area contributed by atoms with Crippen molar-refractivity contribution in [3.05, 3.63) is 28.8 Å². The van der Waals surface area contributed by atoms with Crippen molar-refractivity contribution < 1.29 is 36.6 Å². The number of halogens is 5. The minimum absolute atomic E-state index is 0.252. The number of benzene rings is 1. The third-order valence-electron chi connectivity index (χ3n) is 1.97. The Kier molecular flexibility index (Phi) is 3.94. The van der Waals surface area contributed by atoms with E-state index in [0.29, 0.717) is 6.07 Å². The molecule has 0 saturated carbocycles. The van der Waals surface area contributed by atoms with Crippen LogP contribution in [0.4, 0.5) is 22.0 Å². The van der Waals surface area contributed by atoms with E-state index in [2.05, 4.69) is 4.74 Å². The first-order valence-electron chi connectivity index (χ1n) is 4.50. The number of hydrogen-bond donors (Lipinski definition) is 1. The Hall–Kier alpha value is -2.37. The molecule has 0 heterocycles. The van der Waals surface area contributed by atoms with Crippen LogP contribution in [0.5, 0.6) is 5.75 Å². The molecule has 0 amide bonds. The Morgan fingerprint density at radius 1 is 1.37 bits per heavy atom. The summed E-state index contributed by atoms with van der Waals surface area (Å²) in [4.78, 5) is 10.8. The number of aromatic carboxylic acids is 1. The lowest BCUT2D eigenvalue weighted by Crippen LogP contribution is -2.16. The SMILES string of the molecule is N#Cc1cc(OC(F)F)c(C(=O)O)c(C(F)(F)F)c1. The van der Waals surface area contributed by atoms with Crippen molar-refractivity contribution in [3.63, 3.8) is 0 Å². The maximum Gasteiger partial charge on any atom is 0.417 e. The van der Waals surface area contributed by atoms with Crippen molar-refractivity contribution in [2.24, 2.45) is 0 Å². The van der Waals surface area contributed by atoms with Gasteiger partial charge in [0.25, 0.3) is 0 Å². The first-order chi connectivity index (χ1) is 8.66. The summed E-state index contributed by atoms with van der Waals surface area (Å²) in [7, 11) is 0. The smallest absolute Gasteiger partial charge is 0.417 e. The number of carboxylic acids is 1. The third kappa shape index (κ3) is 3.31. The van der Waals surface area contributed by atoms with Crippen LogP contribution in [0, 0.1) is 11.3 Å². The molecule has 1 N–H and O–H groups in total. The van der Waals surface area contributed by atoms with Crippen LogP contribution in [0.2, 0.25) is 0 Å². The largest absolute Gasteiger partial charge is 0.478 e. The lowest BCUT2D eigenvalue weighted by Gasteiger charge is -2.14. The molecule has 1 rings (SSSR count). The predicted octanol–water partition coefficient (Wildman–Crippen LogP) is 2.88. The van der Waals surface area contributed by atoms with E-state index in [1.807, 2.05) is 0 Å². The number of nitrogens with zero attached hydrogens (tertiary/aromatic N) is 1. The maximum absolute atomic E-state index is 12.6. The van der Waals surface area contributed by atoms with Gasteiger partial charge in [0.15, 0.2) is 0 Å². The molecule has 0 aromatic heterocycles. The van der Waals surface area contributed by atoms with E-state index in [1.54, 1.807) is 0 Å². The molecule has 0 spiro atoms. The van der Waals surface area contributed by atoms with E-state index < -0.39 is 41.2 Å². The molecule has 0 aliphatic carbocycles. The second-order valence-electron chi connectivity index (χ2n) is 3.19. The molecule has 0 aliphatic heterocycles. The fourth-order valence-corrected chi connectivity index (χ4v) is 1.31. The number of nitriles is 1. The van der Waals surface area contributed by atoms with Gasteiger partial charge in [0.05, 0.1) is 17.2 Å². The Labute approximate surface area is 102 Å². The zero-order chi connectivity index (χ0) is 14.8. The molecular formula is C10H4F5NO3. The summed E-state index contributed by atoms with van der Waals surface area (Å²) in [5.41, 5.74) is -3.84. The van der Waals surface area contributed by atoms with Crippen molar-refractivity contribution >= 4 is 5.97 Å². The monoisotopic (exact) mass is 281 g/mol. The highest BCUT2D eigenvalue weighted by Gasteiger charge is 2.38. The van der Waals surface area contributed by atoms with Crippen LogP contribution in [-0.4, -0.2) is 17.7 Å². The summed E-state index contributed by atoms with van der Waals surface area (Å²) in [6, 6.07) is 2.06. The van der Waals surface area contributed by atoms with Crippen molar-refractivity contribution in [1.82, 2.24) is 0 Å². The Morgan fingerprint density at radius 2 is 1.95 bits per heavy atom. The number of alkyl halides is 5. The number of carboxylic acid groups (broad SMARTS) is 1. The summed E-state index contributed by atoms with van der Waals surface area (Å²) in [6.45, 7) is -3.52. The fourth-order valence-electron chi connectivity index (χ4n) is 1.31. The summed E-state index contributed by atoms with van der Waals surface area (Å²) in [5, 5.41) is 17.2. The van der Waals surface area contributed by atoms with Crippen LogP contribution < -0.4 is 4.74 Å². The van der Waals surface area contributed by atoms with Crippen LogP contribution in [0.15, 0.2) is 12.1 Å². The van der Waals surface area contributed by atoms with Crippen LogP contribution in [-0.2, 0) is 6.18 Å². The van der Waals surface area contributed by atoms with Gasteiger partial charge in [-0.2, -0.15) is 27.2 Å². The van der Waals surface area contributed by atoms with E-state index in [-0.39, 0.29) is 6.07 Å². The summed E-state index contributed by atoms with van der Waals surface area (Å²) < 4.78 is 65.7. The molecule has 0 aliphatic rings. The van der Waals surface area contributed by atoms with Gasteiger partial charge >= 0.3 is 18.8 Å². The molecule has 102 valence electrons. The van der Waals surface area contributed by atoms with E-state index >= 15 is 0 Å². The van der Waals surface area contributed by atoms with Crippen LogP contribution in [0.3, 0.4) is 0 Å². The van der Waals surface area contributed by atoms with Crippen LogP contribution in [0.25, 0.3) is 0 Å². The Morgan fingerprint density at radius 3 is 2.32 bits per heavy atom. The van der Waals surface area contributed by atoms with E-state index in [0.717, 1.165) is 0 Å². The maximum atomic E-state index is 12.6. The van der Waals surface area contributed by atoms with E-state index in [1.165, 1.54) is 6.07 Å². The minimum Gasteiger partial charge on any atom is -0.478 e. The molecule has 0 radical (unpaired) electrons. The molecule has 0 fully saturated rings. The zero-order valence-electron chi connectivity index (χ0n) is 8.83.